The summed E-state index contributed by atoms with van der Waals surface area (Å²) in [6.45, 7) is 9.91. The highest BCUT2D eigenvalue weighted by Crippen LogP contribution is 1.92. The maximum Gasteiger partial charge on any atom is 0.217 e. The van der Waals surface area contributed by atoms with E-state index in [1.807, 2.05) is 0 Å². The average Bonchev–Trinajstić information content (AvgIpc) is 1.85. The van der Waals surface area contributed by atoms with Gasteiger partial charge in [0.15, 0.2) is 0 Å². The molecule has 58 valence electrons. The van der Waals surface area contributed by atoms with Crippen LogP contribution in [0, 0.1) is 5.92 Å². The highest BCUT2D eigenvalue weighted by Gasteiger charge is 1.91. The first-order valence-corrected chi connectivity index (χ1v) is 3.31. The monoisotopic (exact) mass is 142 g/mol. The third kappa shape index (κ3) is 5.28. The fourth-order valence-corrected chi connectivity index (χ4v) is 0.433. The Hall–Kier alpha value is -0.860. The van der Waals surface area contributed by atoms with Crippen LogP contribution >= 0.6 is 0 Å². The average molecular weight is 142 g/mol. The van der Waals surface area contributed by atoms with E-state index in [0.29, 0.717) is 11.8 Å². The van der Waals surface area contributed by atoms with Gasteiger partial charge < -0.3 is 4.84 Å². The van der Waals surface area contributed by atoms with E-state index in [0.717, 1.165) is 6.54 Å². The van der Waals surface area contributed by atoms with E-state index in [1.165, 1.54) is 0 Å². The topological polar surface area (TPSA) is 34.0 Å². The van der Waals surface area contributed by atoms with E-state index in [-0.39, 0.29) is 0 Å². The molecule has 0 aliphatic carbocycles. The summed E-state index contributed by atoms with van der Waals surface area (Å²) in [6.07, 6.45) is 0. The van der Waals surface area contributed by atoms with Crippen molar-refractivity contribution in [1.29, 1.82) is 0 Å². The van der Waals surface area contributed by atoms with Crippen molar-refractivity contribution in [1.82, 2.24) is 0 Å². The summed E-state index contributed by atoms with van der Waals surface area (Å²) in [6, 6.07) is 0. The summed E-state index contributed by atoms with van der Waals surface area (Å²) < 4.78 is 0. The Kier molecular flexibility index (Phi) is 4.54. The number of hydrogen-bond acceptors (Lipinski definition) is 3. The Morgan fingerprint density at radius 1 is 1.60 bits per heavy atom. The molecule has 0 aliphatic heterocycles. The van der Waals surface area contributed by atoms with Crippen molar-refractivity contribution in [3.63, 3.8) is 0 Å². The second kappa shape index (κ2) is 4.97. The fraction of sp³-hybridized carbons (Fsp3) is 0.714. The lowest BCUT2D eigenvalue weighted by molar-refractivity contribution is 0.327. The number of oxime groups is 1. The number of nitrogens with zero attached hydrogens (tertiary/aromatic N) is 2. The van der Waals surface area contributed by atoms with Crippen LogP contribution in [0.1, 0.15) is 20.8 Å². The SMILES string of the molecule is C=NO/C(C)=N\CC(C)C. The molecule has 0 N–H and O–H groups in total. The minimum absolute atomic E-state index is 0.559. The van der Waals surface area contributed by atoms with Crippen LogP contribution in [-0.4, -0.2) is 19.2 Å². The summed E-state index contributed by atoms with van der Waals surface area (Å²) >= 11 is 0. The van der Waals surface area contributed by atoms with Crippen LogP contribution in [0.4, 0.5) is 0 Å². The lowest BCUT2D eigenvalue weighted by Crippen LogP contribution is -1.99. The molecule has 10 heavy (non-hydrogen) atoms. The molecule has 0 heterocycles. The summed E-state index contributed by atoms with van der Waals surface area (Å²) in [5, 5.41) is 3.23. The van der Waals surface area contributed by atoms with Gasteiger partial charge in [0.05, 0.1) is 0 Å². The Morgan fingerprint density at radius 2 is 2.20 bits per heavy atom. The van der Waals surface area contributed by atoms with E-state index >= 15 is 0 Å². The molecule has 0 aliphatic rings. The molecule has 0 spiro atoms. The molecule has 3 nitrogen and oxygen atoms in total. The standard InChI is InChI=1S/C7H14N2O/c1-6(2)5-9-7(3)10-8-4/h6H,4-5H2,1-3H3/b9-7-. The van der Waals surface area contributed by atoms with Crippen LogP contribution in [0.5, 0.6) is 0 Å². The highest BCUT2D eigenvalue weighted by atomic mass is 16.6. The largest absolute Gasteiger partial charge is 0.343 e. The van der Waals surface area contributed by atoms with E-state index in [2.05, 4.69) is 35.6 Å². The molecule has 0 radical (unpaired) electrons. The molecule has 0 rings (SSSR count). The van der Waals surface area contributed by atoms with Gasteiger partial charge in [-0.2, -0.15) is 0 Å². The van der Waals surface area contributed by atoms with Gasteiger partial charge in [0, 0.05) is 20.2 Å². The molecule has 0 saturated heterocycles. The lowest BCUT2D eigenvalue weighted by atomic mass is 10.2. The normalized spacial score (nSPS) is 11.8. The van der Waals surface area contributed by atoms with Crippen molar-refractivity contribution in [2.75, 3.05) is 6.54 Å². The maximum absolute atomic E-state index is 4.66. The van der Waals surface area contributed by atoms with Crippen molar-refractivity contribution < 1.29 is 4.84 Å². The molecule has 0 unspecified atom stereocenters. The molecule has 0 bridgehead atoms. The van der Waals surface area contributed by atoms with E-state index in [4.69, 9.17) is 0 Å². The van der Waals surface area contributed by atoms with E-state index in [9.17, 15) is 0 Å². The highest BCUT2D eigenvalue weighted by molar-refractivity contribution is 5.73. The van der Waals surface area contributed by atoms with Crippen LogP contribution in [0.2, 0.25) is 0 Å². The Balaban J connectivity index is 3.57. The maximum atomic E-state index is 4.66. The molecular formula is C7H14N2O. The van der Waals surface area contributed by atoms with Crippen LogP contribution in [0.25, 0.3) is 0 Å². The molecule has 0 amide bonds. The van der Waals surface area contributed by atoms with Gasteiger partial charge in [0.1, 0.15) is 0 Å². The molecule has 3 heteroatoms. The zero-order valence-electron chi connectivity index (χ0n) is 6.79. The van der Waals surface area contributed by atoms with Crippen LogP contribution < -0.4 is 0 Å². The van der Waals surface area contributed by atoms with E-state index in [1.54, 1.807) is 6.92 Å². The Bertz CT molecular complexity index is 130. The summed E-state index contributed by atoms with van der Waals surface area (Å²) in [5.41, 5.74) is 0. The molecular weight excluding hydrogens is 128 g/mol. The number of rotatable bonds is 3. The third-order valence-electron chi connectivity index (χ3n) is 0.876. The second-order valence-electron chi connectivity index (χ2n) is 2.47. The Labute approximate surface area is 61.8 Å². The van der Waals surface area contributed by atoms with Gasteiger partial charge in [-0.15, -0.1) is 0 Å². The molecule has 0 aromatic carbocycles. The lowest BCUT2D eigenvalue weighted by Gasteiger charge is -1.99. The number of aliphatic imine (C=N–C) groups is 1. The first-order chi connectivity index (χ1) is 4.66. The predicted octanol–water partition coefficient (Wildman–Crippen LogP) is 1.69. The second-order valence-corrected chi connectivity index (χ2v) is 2.47. The van der Waals surface area contributed by atoms with Gasteiger partial charge in [-0.3, -0.25) is 4.99 Å². The van der Waals surface area contributed by atoms with Gasteiger partial charge in [0.2, 0.25) is 5.90 Å². The first-order valence-electron chi connectivity index (χ1n) is 3.31. The predicted molar refractivity (Wildman–Crippen MR) is 43.4 cm³/mol. The van der Waals surface area contributed by atoms with Crippen molar-refractivity contribution >= 4 is 12.6 Å². The minimum atomic E-state index is 0.559. The number of hydrogen-bond donors (Lipinski definition) is 0. The van der Waals surface area contributed by atoms with Crippen molar-refractivity contribution in [3.05, 3.63) is 0 Å². The Morgan fingerprint density at radius 3 is 2.60 bits per heavy atom. The summed E-state index contributed by atoms with van der Waals surface area (Å²) in [4.78, 5) is 8.73. The van der Waals surface area contributed by atoms with Gasteiger partial charge in [0.25, 0.3) is 0 Å². The van der Waals surface area contributed by atoms with Gasteiger partial charge in [-0.25, -0.2) is 0 Å². The summed E-state index contributed by atoms with van der Waals surface area (Å²) in [5.74, 6) is 1.13. The third-order valence-corrected chi connectivity index (χ3v) is 0.876. The quantitative estimate of drug-likeness (QED) is 0.335. The van der Waals surface area contributed by atoms with Crippen LogP contribution in [0.15, 0.2) is 10.1 Å². The van der Waals surface area contributed by atoms with Crippen LogP contribution in [0.3, 0.4) is 0 Å². The van der Waals surface area contributed by atoms with Crippen LogP contribution in [-0.2, 0) is 4.84 Å². The summed E-state index contributed by atoms with van der Waals surface area (Å²) in [7, 11) is 0. The molecule has 0 aromatic heterocycles. The fourth-order valence-electron chi connectivity index (χ4n) is 0.433. The molecule has 0 atom stereocenters. The molecule has 0 saturated carbocycles. The van der Waals surface area contributed by atoms with Crippen molar-refractivity contribution in [3.8, 4) is 0 Å². The van der Waals surface area contributed by atoms with Gasteiger partial charge >= 0.3 is 0 Å². The first kappa shape index (κ1) is 9.14. The minimum Gasteiger partial charge on any atom is -0.343 e. The van der Waals surface area contributed by atoms with Crippen molar-refractivity contribution in [2.45, 2.75) is 20.8 Å². The zero-order valence-corrected chi connectivity index (χ0v) is 6.79. The van der Waals surface area contributed by atoms with E-state index < -0.39 is 0 Å². The smallest absolute Gasteiger partial charge is 0.217 e. The molecule has 0 fully saturated rings. The molecule has 0 aromatic rings. The van der Waals surface area contributed by atoms with Crippen molar-refractivity contribution in [2.24, 2.45) is 16.1 Å². The van der Waals surface area contributed by atoms with Gasteiger partial charge in [-0.1, -0.05) is 19.0 Å². The zero-order chi connectivity index (χ0) is 7.98. The van der Waals surface area contributed by atoms with Gasteiger partial charge in [-0.05, 0) is 5.92 Å².